The molecule has 1 N–H and O–H groups in total. The molecule has 0 bridgehead atoms. The molecule has 1 aromatic carbocycles. The van der Waals surface area contributed by atoms with E-state index in [1.807, 2.05) is 0 Å². The van der Waals surface area contributed by atoms with Crippen LogP contribution in [0.4, 0.5) is 8.78 Å². The van der Waals surface area contributed by atoms with Crippen molar-refractivity contribution < 1.29 is 18.3 Å². The summed E-state index contributed by atoms with van der Waals surface area (Å²) >= 11 is 3.38. The summed E-state index contributed by atoms with van der Waals surface area (Å²) in [6.07, 6.45) is 0.654. The Bertz CT molecular complexity index is 455. The van der Waals surface area contributed by atoms with Gasteiger partial charge in [-0.1, -0.05) is 15.9 Å². The lowest BCUT2D eigenvalue weighted by Crippen LogP contribution is -2.27. The smallest absolute Gasteiger partial charge is 0.254 e. The van der Waals surface area contributed by atoms with Crippen molar-refractivity contribution >= 4 is 21.8 Å². The van der Waals surface area contributed by atoms with Gasteiger partial charge in [0.25, 0.3) is 5.91 Å². The number of nitrogens with one attached hydrogen (secondary N) is 1. The standard InChI is InChI=1S/C13H16BrF2NO2/c1-8-5-10(12(16)6-11(8)15)13(18)17-4-3-9(14)7-19-2/h5-6,9H,3-4,7H2,1-2H3,(H,17,18). The number of alkyl halides is 1. The van der Waals surface area contributed by atoms with Gasteiger partial charge in [0.1, 0.15) is 11.6 Å². The predicted octanol–water partition coefficient (Wildman–Crippen LogP) is 2.80. The van der Waals surface area contributed by atoms with Crippen LogP contribution in [0.2, 0.25) is 0 Å². The van der Waals surface area contributed by atoms with E-state index in [1.54, 1.807) is 7.11 Å². The van der Waals surface area contributed by atoms with Crippen LogP contribution in [0.15, 0.2) is 12.1 Å². The minimum absolute atomic E-state index is 0.123. The van der Waals surface area contributed by atoms with Gasteiger partial charge in [-0.2, -0.15) is 0 Å². The number of carbonyl (C=O) groups excluding carboxylic acids is 1. The SMILES string of the molecule is COCC(Br)CCNC(=O)c1cc(C)c(F)cc1F. The third-order valence-electron chi connectivity index (χ3n) is 2.58. The maximum absolute atomic E-state index is 13.5. The van der Waals surface area contributed by atoms with Gasteiger partial charge in [0.2, 0.25) is 0 Å². The Labute approximate surface area is 119 Å². The van der Waals surface area contributed by atoms with Crippen LogP contribution in [0.5, 0.6) is 0 Å². The molecule has 0 aliphatic carbocycles. The van der Waals surface area contributed by atoms with Gasteiger partial charge in [0, 0.05) is 24.5 Å². The van der Waals surface area contributed by atoms with Crippen LogP contribution in [-0.4, -0.2) is 31.0 Å². The van der Waals surface area contributed by atoms with E-state index in [2.05, 4.69) is 21.2 Å². The summed E-state index contributed by atoms with van der Waals surface area (Å²) in [7, 11) is 1.59. The highest BCUT2D eigenvalue weighted by Crippen LogP contribution is 2.14. The molecule has 0 aromatic heterocycles. The molecule has 3 nitrogen and oxygen atoms in total. The molecular weight excluding hydrogens is 320 g/mol. The summed E-state index contributed by atoms with van der Waals surface area (Å²) in [6.45, 7) is 2.40. The van der Waals surface area contributed by atoms with E-state index in [4.69, 9.17) is 4.74 Å². The number of rotatable bonds is 6. The van der Waals surface area contributed by atoms with E-state index in [-0.39, 0.29) is 16.0 Å². The molecule has 1 unspecified atom stereocenters. The normalized spacial score (nSPS) is 12.3. The summed E-state index contributed by atoms with van der Waals surface area (Å²) in [5, 5.41) is 2.59. The fraction of sp³-hybridized carbons (Fsp3) is 0.462. The van der Waals surface area contributed by atoms with Crippen LogP contribution in [0.1, 0.15) is 22.3 Å². The second-order valence-electron chi connectivity index (χ2n) is 4.18. The molecule has 1 aromatic rings. The van der Waals surface area contributed by atoms with Gasteiger partial charge in [0.15, 0.2) is 0 Å². The fourth-order valence-electron chi connectivity index (χ4n) is 1.53. The number of hydrogen-bond acceptors (Lipinski definition) is 2. The van der Waals surface area contributed by atoms with Crippen LogP contribution in [0.25, 0.3) is 0 Å². The molecule has 6 heteroatoms. The zero-order valence-electron chi connectivity index (χ0n) is 10.8. The molecule has 0 aliphatic heterocycles. The van der Waals surface area contributed by atoms with Crippen LogP contribution < -0.4 is 5.32 Å². The molecule has 0 aliphatic rings. The summed E-state index contributed by atoms with van der Waals surface area (Å²) < 4.78 is 31.5. The average molecular weight is 336 g/mol. The first-order valence-electron chi connectivity index (χ1n) is 5.82. The van der Waals surface area contributed by atoms with Crippen molar-refractivity contribution in [2.75, 3.05) is 20.3 Å². The van der Waals surface area contributed by atoms with Gasteiger partial charge in [-0.15, -0.1) is 0 Å². The maximum atomic E-state index is 13.5. The number of aryl methyl sites for hydroxylation is 1. The summed E-state index contributed by atoms with van der Waals surface area (Å²) in [4.78, 5) is 11.9. The lowest BCUT2D eigenvalue weighted by atomic mass is 10.1. The number of halogens is 3. The molecule has 106 valence electrons. The molecule has 1 rings (SSSR count). The highest BCUT2D eigenvalue weighted by Gasteiger charge is 2.14. The number of hydrogen-bond donors (Lipinski definition) is 1. The molecule has 0 heterocycles. The molecular formula is C13H16BrF2NO2. The Morgan fingerprint density at radius 3 is 2.74 bits per heavy atom. The van der Waals surface area contributed by atoms with Gasteiger partial charge in [-0.25, -0.2) is 8.78 Å². The Morgan fingerprint density at radius 2 is 2.11 bits per heavy atom. The average Bonchev–Trinajstić information content (AvgIpc) is 2.34. The third kappa shape index (κ3) is 4.87. The topological polar surface area (TPSA) is 38.3 Å². The summed E-state index contributed by atoms with van der Waals surface area (Å²) in [6, 6.07) is 1.93. The highest BCUT2D eigenvalue weighted by atomic mass is 79.9. The van der Waals surface area contributed by atoms with Gasteiger partial charge in [0.05, 0.1) is 12.2 Å². The van der Waals surface area contributed by atoms with E-state index >= 15 is 0 Å². The largest absolute Gasteiger partial charge is 0.384 e. The third-order valence-corrected chi connectivity index (χ3v) is 3.31. The van der Waals surface area contributed by atoms with Crippen molar-refractivity contribution in [2.45, 2.75) is 18.2 Å². The first kappa shape index (κ1) is 16.0. The molecule has 0 radical (unpaired) electrons. The van der Waals surface area contributed by atoms with Crippen LogP contribution in [0.3, 0.4) is 0 Å². The van der Waals surface area contributed by atoms with Crippen molar-refractivity contribution in [3.05, 3.63) is 34.9 Å². The summed E-state index contributed by atoms with van der Waals surface area (Å²) in [5.41, 5.74) is 0.0982. The maximum Gasteiger partial charge on any atom is 0.254 e. The zero-order valence-corrected chi connectivity index (χ0v) is 12.4. The first-order valence-corrected chi connectivity index (χ1v) is 6.74. The number of ether oxygens (including phenoxy) is 1. The van der Waals surface area contributed by atoms with Crippen molar-refractivity contribution in [3.63, 3.8) is 0 Å². The van der Waals surface area contributed by atoms with Gasteiger partial charge in [-0.3, -0.25) is 4.79 Å². The number of methoxy groups -OCH3 is 1. The molecule has 19 heavy (non-hydrogen) atoms. The van der Waals surface area contributed by atoms with Crippen molar-refractivity contribution in [1.82, 2.24) is 5.32 Å². The fourth-order valence-corrected chi connectivity index (χ4v) is 2.03. The van der Waals surface area contributed by atoms with Crippen LogP contribution in [-0.2, 0) is 4.74 Å². The second kappa shape index (κ2) is 7.55. The molecule has 0 fully saturated rings. The lowest BCUT2D eigenvalue weighted by molar-refractivity contribution is 0.0947. The van der Waals surface area contributed by atoms with Crippen LogP contribution >= 0.6 is 15.9 Å². The Morgan fingerprint density at radius 1 is 1.42 bits per heavy atom. The van der Waals surface area contributed by atoms with Crippen molar-refractivity contribution in [2.24, 2.45) is 0 Å². The van der Waals surface area contributed by atoms with E-state index in [0.29, 0.717) is 19.6 Å². The Hall–Kier alpha value is -1.01. The van der Waals surface area contributed by atoms with Crippen molar-refractivity contribution in [3.8, 4) is 0 Å². The minimum atomic E-state index is -0.854. The number of amides is 1. The molecule has 0 spiro atoms. The van der Waals surface area contributed by atoms with E-state index in [9.17, 15) is 13.6 Å². The predicted molar refractivity (Wildman–Crippen MR) is 72.6 cm³/mol. The van der Waals surface area contributed by atoms with E-state index in [0.717, 1.165) is 6.07 Å². The highest BCUT2D eigenvalue weighted by molar-refractivity contribution is 9.09. The monoisotopic (exact) mass is 335 g/mol. The van der Waals surface area contributed by atoms with Crippen molar-refractivity contribution in [1.29, 1.82) is 0 Å². The molecule has 0 saturated heterocycles. The summed E-state index contributed by atoms with van der Waals surface area (Å²) in [5.74, 6) is -2.06. The second-order valence-corrected chi connectivity index (χ2v) is 5.47. The zero-order chi connectivity index (χ0) is 14.4. The van der Waals surface area contributed by atoms with E-state index < -0.39 is 17.5 Å². The quantitative estimate of drug-likeness (QED) is 0.812. The Kier molecular flexibility index (Phi) is 6.37. The van der Waals surface area contributed by atoms with Gasteiger partial charge < -0.3 is 10.1 Å². The molecule has 1 amide bonds. The number of benzene rings is 1. The van der Waals surface area contributed by atoms with Crippen LogP contribution in [0, 0.1) is 18.6 Å². The molecule has 0 saturated carbocycles. The van der Waals surface area contributed by atoms with Gasteiger partial charge in [-0.05, 0) is 25.0 Å². The Balaban J connectivity index is 2.57. The molecule has 1 atom stereocenters. The first-order chi connectivity index (χ1) is 8.95. The van der Waals surface area contributed by atoms with Gasteiger partial charge >= 0.3 is 0 Å². The number of carbonyl (C=O) groups is 1. The minimum Gasteiger partial charge on any atom is -0.384 e. The van der Waals surface area contributed by atoms with E-state index in [1.165, 1.54) is 13.0 Å². The lowest BCUT2D eigenvalue weighted by Gasteiger charge is -2.10.